The van der Waals surface area contributed by atoms with Crippen LogP contribution in [0.4, 0.5) is 0 Å². The molecule has 0 fully saturated rings. The van der Waals surface area contributed by atoms with Gasteiger partial charge in [0.15, 0.2) is 0 Å². The average Bonchev–Trinajstić information content (AvgIpc) is 1.60. The Morgan fingerprint density at radius 3 is 2.20 bits per heavy atom. The normalized spacial score (nSPS) is 14.4. The Labute approximate surface area is 57.7 Å². The van der Waals surface area contributed by atoms with E-state index in [9.17, 15) is 9.36 Å². The molecule has 60 valence electrons. The Hall–Kier alpha value is -0.420. The number of hydrogen-bond acceptors (Lipinski definition) is 4. The van der Waals surface area contributed by atoms with Crippen molar-refractivity contribution >= 4 is 13.6 Å². The molecule has 0 aromatic rings. The summed E-state index contributed by atoms with van der Waals surface area (Å²) in [6.07, 6.45) is -1.36. The molecular formula is C3H9N2O4P. The van der Waals surface area contributed by atoms with Crippen LogP contribution in [0.3, 0.4) is 0 Å². The highest BCUT2D eigenvalue weighted by Gasteiger charge is 2.19. The van der Waals surface area contributed by atoms with Crippen molar-refractivity contribution in [3.63, 3.8) is 0 Å². The largest absolute Gasteiger partial charge is 0.388 e. The lowest BCUT2D eigenvalue weighted by Gasteiger charge is -2.08. The first-order valence-corrected chi connectivity index (χ1v) is 4.18. The van der Waals surface area contributed by atoms with Crippen LogP contribution in [-0.2, 0) is 13.9 Å². The molecule has 0 aliphatic carbocycles. The molecule has 0 saturated heterocycles. The first-order chi connectivity index (χ1) is 4.33. The minimum absolute atomic E-state index is 1.09. The highest BCUT2D eigenvalue weighted by atomic mass is 31.2. The second-order valence-electron chi connectivity index (χ2n) is 1.73. The minimum Gasteiger partial charge on any atom is -0.388 e. The third kappa shape index (κ3) is 4.46. The van der Waals surface area contributed by atoms with E-state index >= 15 is 0 Å². The van der Waals surface area contributed by atoms with E-state index in [1.165, 1.54) is 0 Å². The van der Waals surface area contributed by atoms with Gasteiger partial charge in [0.1, 0.15) is 6.10 Å². The van der Waals surface area contributed by atoms with Crippen LogP contribution in [0.25, 0.3) is 0 Å². The van der Waals surface area contributed by atoms with Crippen LogP contribution in [-0.4, -0.2) is 17.2 Å². The van der Waals surface area contributed by atoms with Crippen molar-refractivity contribution in [1.82, 2.24) is 0 Å². The zero-order valence-corrected chi connectivity index (χ0v) is 6.25. The first-order valence-electron chi connectivity index (χ1n) is 2.41. The van der Waals surface area contributed by atoms with Crippen LogP contribution in [0.2, 0.25) is 0 Å². The third-order valence-corrected chi connectivity index (χ3v) is 1.04. The van der Waals surface area contributed by atoms with Crippen LogP contribution in [0.1, 0.15) is 6.92 Å². The maximum atomic E-state index is 10.4. The molecule has 0 aromatic carbocycles. The van der Waals surface area contributed by atoms with E-state index in [2.05, 4.69) is 15.5 Å². The molecule has 0 heterocycles. The van der Waals surface area contributed by atoms with Crippen molar-refractivity contribution in [3.8, 4) is 0 Å². The van der Waals surface area contributed by atoms with Gasteiger partial charge < -0.3 is 9.63 Å². The fraction of sp³-hybridized carbons (Fsp3) is 0.667. The van der Waals surface area contributed by atoms with Gasteiger partial charge in [0.2, 0.25) is 0 Å². The van der Waals surface area contributed by atoms with Crippen molar-refractivity contribution in [2.24, 2.45) is 11.0 Å². The summed E-state index contributed by atoms with van der Waals surface area (Å²) >= 11 is 0. The molecule has 0 spiro atoms. The highest BCUT2D eigenvalue weighted by molar-refractivity contribution is 7.54. The number of aliphatic hydroxyl groups is 1. The minimum atomic E-state index is -3.79. The molecule has 7 heteroatoms. The summed E-state index contributed by atoms with van der Waals surface area (Å²) < 4.78 is 14.3. The number of hydrogen-bond donors (Lipinski definition) is 3. The van der Waals surface area contributed by atoms with Crippen LogP contribution in [0.15, 0.2) is 0 Å². The molecule has 0 rings (SSSR count). The van der Waals surface area contributed by atoms with Crippen molar-refractivity contribution in [1.29, 1.82) is 0 Å². The fourth-order valence-corrected chi connectivity index (χ4v) is 0.651. The van der Waals surface area contributed by atoms with Gasteiger partial charge in [-0.2, -0.15) is 0 Å². The zero-order valence-electron chi connectivity index (χ0n) is 5.35. The number of aliphatic hydroxyl groups excluding tert-OH is 1. The molecule has 10 heavy (non-hydrogen) atoms. The summed E-state index contributed by atoms with van der Waals surface area (Å²) in [6.45, 7) is 1.15. The van der Waals surface area contributed by atoms with Crippen LogP contribution >= 0.6 is 7.67 Å². The summed E-state index contributed by atoms with van der Waals surface area (Å²) in [5, 5.41) is 8.48. The standard InChI is InChI=1S/C3H9N2O4P/c1-2(6)3(7)9-10(4,5)8/h2,6H,1H3,(H4,4,5,8). The second-order valence-corrected chi connectivity index (χ2v) is 3.20. The topological polar surface area (TPSA) is 116 Å². The molecule has 0 bridgehead atoms. The Kier molecular flexibility index (Phi) is 2.98. The third-order valence-electron chi connectivity index (χ3n) is 0.574. The van der Waals surface area contributed by atoms with Crippen LogP contribution in [0.5, 0.6) is 0 Å². The van der Waals surface area contributed by atoms with Crippen molar-refractivity contribution in [2.45, 2.75) is 13.0 Å². The zero-order chi connectivity index (χ0) is 8.36. The van der Waals surface area contributed by atoms with E-state index in [1.807, 2.05) is 0 Å². The lowest BCUT2D eigenvalue weighted by molar-refractivity contribution is -0.142. The van der Waals surface area contributed by atoms with Gasteiger partial charge in [-0.3, -0.25) is 0 Å². The van der Waals surface area contributed by atoms with Gasteiger partial charge in [-0.25, -0.2) is 20.4 Å². The maximum absolute atomic E-state index is 10.4. The van der Waals surface area contributed by atoms with E-state index in [0.717, 1.165) is 6.92 Å². The summed E-state index contributed by atoms with van der Waals surface area (Å²) in [4.78, 5) is 10.4. The number of nitrogens with two attached hydrogens (primary N) is 2. The van der Waals surface area contributed by atoms with E-state index < -0.39 is 19.7 Å². The molecular weight excluding hydrogens is 159 g/mol. The summed E-state index contributed by atoms with van der Waals surface area (Å²) in [7, 11) is -3.79. The molecule has 0 amide bonds. The van der Waals surface area contributed by atoms with Crippen molar-refractivity contribution < 1.29 is 19.0 Å². The van der Waals surface area contributed by atoms with Crippen LogP contribution in [0, 0.1) is 0 Å². The predicted molar refractivity (Wildman–Crippen MR) is 33.8 cm³/mol. The first kappa shape index (κ1) is 9.58. The van der Waals surface area contributed by atoms with Gasteiger partial charge in [0.25, 0.3) is 0 Å². The molecule has 1 atom stereocenters. The number of rotatable bonds is 2. The van der Waals surface area contributed by atoms with E-state index in [-0.39, 0.29) is 0 Å². The lowest BCUT2D eigenvalue weighted by atomic mass is 10.4. The molecule has 0 saturated carbocycles. The van der Waals surface area contributed by atoms with Gasteiger partial charge in [-0.05, 0) is 6.92 Å². The van der Waals surface area contributed by atoms with Gasteiger partial charge in [0.05, 0.1) is 0 Å². The number of carbonyl (C=O) groups excluding carboxylic acids is 1. The maximum Gasteiger partial charge on any atom is 0.387 e. The van der Waals surface area contributed by atoms with Gasteiger partial charge in [-0.1, -0.05) is 0 Å². The fourth-order valence-electron chi connectivity index (χ4n) is 0.217. The average molecular weight is 168 g/mol. The monoisotopic (exact) mass is 168 g/mol. The molecule has 6 nitrogen and oxygen atoms in total. The lowest BCUT2D eigenvalue weighted by Crippen LogP contribution is -2.22. The molecule has 0 aromatic heterocycles. The van der Waals surface area contributed by atoms with Crippen molar-refractivity contribution in [3.05, 3.63) is 0 Å². The van der Waals surface area contributed by atoms with Crippen LogP contribution < -0.4 is 11.0 Å². The smallest absolute Gasteiger partial charge is 0.387 e. The van der Waals surface area contributed by atoms with E-state index in [4.69, 9.17) is 5.11 Å². The molecule has 1 unspecified atom stereocenters. The molecule has 0 aliphatic heterocycles. The van der Waals surface area contributed by atoms with Crippen molar-refractivity contribution in [2.75, 3.05) is 0 Å². The molecule has 0 aliphatic rings. The highest BCUT2D eigenvalue weighted by Crippen LogP contribution is 2.26. The molecule has 0 radical (unpaired) electrons. The van der Waals surface area contributed by atoms with Gasteiger partial charge in [-0.15, -0.1) is 0 Å². The van der Waals surface area contributed by atoms with E-state index in [1.54, 1.807) is 0 Å². The Morgan fingerprint density at radius 2 is 2.10 bits per heavy atom. The summed E-state index contributed by atoms with van der Waals surface area (Å²) in [5.74, 6) is -1.09. The Balaban J connectivity index is 3.94. The predicted octanol–water partition coefficient (Wildman–Crippen LogP) is -1.06. The van der Waals surface area contributed by atoms with Gasteiger partial charge in [0, 0.05) is 0 Å². The van der Waals surface area contributed by atoms with Gasteiger partial charge >= 0.3 is 13.6 Å². The summed E-state index contributed by atoms with van der Waals surface area (Å²) in [6, 6.07) is 0. The van der Waals surface area contributed by atoms with E-state index in [0.29, 0.717) is 0 Å². The second kappa shape index (κ2) is 3.12. The summed E-state index contributed by atoms with van der Waals surface area (Å²) in [5.41, 5.74) is 9.31. The SMILES string of the molecule is CC(O)C(=O)OP(N)(N)=O. The Bertz CT molecular complexity index is 173. The molecule has 5 N–H and O–H groups in total. The quantitative estimate of drug-likeness (QED) is 0.452. The Morgan fingerprint density at radius 1 is 1.70 bits per heavy atom. The number of carbonyl (C=O) groups is 1.